The Labute approximate surface area is 109 Å². The summed E-state index contributed by atoms with van der Waals surface area (Å²) in [5.74, 6) is -0.579. The molecule has 0 unspecified atom stereocenters. The number of hydrogen-bond donors (Lipinski definition) is 1. The van der Waals surface area contributed by atoms with Gasteiger partial charge in [-0.15, -0.1) is 0 Å². The summed E-state index contributed by atoms with van der Waals surface area (Å²) in [4.78, 5) is 22.5. The maximum Gasteiger partial charge on any atom is 0.254 e. The molecular weight excluding hydrogens is 242 g/mol. The number of nitrogens with zero attached hydrogens (tertiary/aromatic N) is 2. The van der Waals surface area contributed by atoms with Gasteiger partial charge in [0.1, 0.15) is 0 Å². The van der Waals surface area contributed by atoms with Crippen LogP contribution in [-0.4, -0.2) is 21.6 Å². The van der Waals surface area contributed by atoms with E-state index in [4.69, 9.17) is 0 Å². The summed E-state index contributed by atoms with van der Waals surface area (Å²) in [6.45, 7) is 0. The molecule has 0 radical (unpaired) electrons. The summed E-state index contributed by atoms with van der Waals surface area (Å²) in [6, 6.07) is 9.67. The number of carbonyl (C=O) groups is 2. The van der Waals surface area contributed by atoms with E-state index in [0.29, 0.717) is 5.57 Å². The van der Waals surface area contributed by atoms with Crippen molar-refractivity contribution in [3.63, 3.8) is 0 Å². The van der Waals surface area contributed by atoms with Gasteiger partial charge in [0.25, 0.3) is 5.91 Å². The molecule has 3 rings (SSSR count). The van der Waals surface area contributed by atoms with Crippen LogP contribution in [0.5, 0.6) is 0 Å². The molecule has 1 aromatic carbocycles. The van der Waals surface area contributed by atoms with E-state index >= 15 is 0 Å². The topological polar surface area (TPSA) is 64.0 Å². The van der Waals surface area contributed by atoms with E-state index in [1.807, 2.05) is 36.5 Å². The molecule has 1 aliphatic heterocycles. The molecule has 2 aromatic rings. The first-order valence-electron chi connectivity index (χ1n) is 5.87. The molecule has 1 aromatic heterocycles. The largest absolute Gasteiger partial charge is 0.292 e. The van der Waals surface area contributed by atoms with Crippen LogP contribution in [0.15, 0.2) is 48.3 Å². The number of hydrogen-bond acceptors (Lipinski definition) is 3. The highest BCUT2D eigenvalue weighted by atomic mass is 16.2. The summed E-state index contributed by atoms with van der Waals surface area (Å²) >= 11 is 0. The zero-order valence-electron chi connectivity index (χ0n) is 10.0. The molecule has 5 heteroatoms. The highest BCUT2D eigenvalue weighted by molar-refractivity contribution is 6.15. The van der Waals surface area contributed by atoms with Crippen LogP contribution < -0.4 is 5.32 Å². The van der Waals surface area contributed by atoms with Crippen LogP contribution >= 0.6 is 0 Å². The standard InChI is InChI=1S/C14H11N3O2/c18-13-7-11(14(19)16-13)6-10-8-15-17(9-10)12-4-2-1-3-5-12/h1-6,8-9H,7H2,(H,16,18,19). The van der Waals surface area contributed by atoms with Crippen molar-refractivity contribution in [2.45, 2.75) is 6.42 Å². The van der Waals surface area contributed by atoms with Crippen molar-refractivity contribution in [3.05, 3.63) is 53.9 Å². The van der Waals surface area contributed by atoms with Crippen molar-refractivity contribution in [3.8, 4) is 5.69 Å². The summed E-state index contributed by atoms with van der Waals surface area (Å²) < 4.78 is 1.72. The van der Waals surface area contributed by atoms with E-state index in [1.165, 1.54) is 0 Å². The van der Waals surface area contributed by atoms with Crippen LogP contribution in [0.4, 0.5) is 0 Å². The van der Waals surface area contributed by atoms with Gasteiger partial charge < -0.3 is 0 Å². The molecule has 2 heterocycles. The molecule has 0 spiro atoms. The number of benzene rings is 1. The average Bonchev–Trinajstić information content (AvgIpc) is 2.99. The van der Waals surface area contributed by atoms with Crippen LogP contribution in [0.2, 0.25) is 0 Å². The van der Waals surface area contributed by atoms with Gasteiger partial charge in [0, 0.05) is 17.3 Å². The number of aromatic nitrogens is 2. The molecule has 1 fully saturated rings. The minimum absolute atomic E-state index is 0.134. The summed E-state index contributed by atoms with van der Waals surface area (Å²) in [6.07, 6.45) is 5.30. The first kappa shape index (κ1) is 11.4. The fraction of sp³-hybridized carbons (Fsp3) is 0.0714. The maximum absolute atomic E-state index is 11.4. The Morgan fingerprint density at radius 1 is 1.21 bits per heavy atom. The van der Waals surface area contributed by atoms with Crippen molar-refractivity contribution in [2.24, 2.45) is 0 Å². The van der Waals surface area contributed by atoms with Crippen LogP contribution in [0.25, 0.3) is 11.8 Å². The van der Waals surface area contributed by atoms with Crippen LogP contribution in [0.1, 0.15) is 12.0 Å². The minimum Gasteiger partial charge on any atom is -0.292 e. The molecule has 0 bridgehead atoms. The lowest BCUT2D eigenvalue weighted by atomic mass is 10.1. The van der Waals surface area contributed by atoms with Gasteiger partial charge in [-0.3, -0.25) is 14.9 Å². The van der Waals surface area contributed by atoms with Gasteiger partial charge >= 0.3 is 0 Å². The Balaban J connectivity index is 1.89. The van der Waals surface area contributed by atoms with Crippen LogP contribution in [-0.2, 0) is 9.59 Å². The normalized spacial score (nSPS) is 16.9. The Hall–Kier alpha value is -2.69. The Kier molecular flexibility index (Phi) is 2.72. The molecule has 2 amide bonds. The summed E-state index contributed by atoms with van der Waals surface area (Å²) in [5.41, 5.74) is 2.21. The van der Waals surface area contributed by atoms with E-state index in [0.717, 1.165) is 11.3 Å². The van der Waals surface area contributed by atoms with E-state index in [9.17, 15) is 9.59 Å². The lowest BCUT2D eigenvalue weighted by molar-refractivity contribution is -0.124. The number of carbonyl (C=O) groups excluding carboxylic acids is 2. The van der Waals surface area contributed by atoms with E-state index in [1.54, 1.807) is 17.0 Å². The molecule has 94 valence electrons. The molecule has 0 aliphatic carbocycles. The van der Waals surface area contributed by atoms with Gasteiger partial charge in [0.15, 0.2) is 0 Å². The predicted octanol–water partition coefficient (Wildman–Crippen LogP) is 1.30. The first-order valence-corrected chi connectivity index (χ1v) is 5.87. The summed E-state index contributed by atoms with van der Waals surface area (Å²) in [7, 11) is 0. The molecule has 19 heavy (non-hydrogen) atoms. The molecule has 0 atom stereocenters. The van der Waals surface area contributed by atoms with Crippen molar-refractivity contribution in [1.29, 1.82) is 0 Å². The lowest BCUT2D eigenvalue weighted by Crippen LogP contribution is -2.19. The number of amides is 2. The zero-order valence-corrected chi connectivity index (χ0v) is 10.0. The zero-order chi connectivity index (χ0) is 13.2. The van der Waals surface area contributed by atoms with Crippen molar-refractivity contribution >= 4 is 17.9 Å². The molecule has 1 saturated heterocycles. The van der Waals surface area contributed by atoms with Gasteiger partial charge in [-0.1, -0.05) is 18.2 Å². The fourth-order valence-corrected chi connectivity index (χ4v) is 1.96. The fourth-order valence-electron chi connectivity index (χ4n) is 1.96. The van der Waals surface area contributed by atoms with Gasteiger partial charge in [-0.05, 0) is 18.2 Å². The van der Waals surface area contributed by atoms with Crippen LogP contribution in [0.3, 0.4) is 0 Å². The van der Waals surface area contributed by atoms with Crippen molar-refractivity contribution in [2.75, 3.05) is 0 Å². The molecule has 0 saturated carbocycles. The number of nitrogens with one attached hydrogen (secondary N) is 1. The smallest absolute Gasteiger partial charge is 0.254 e. The molecule has 1 aliphatic rings. The Morgan fingerprint density at radius 2 is 2.00 bits per heavy atom. The number of para-hydroxylation sites is 1. The molecule has 5 nitrogen and oxygen atoms in total. The second kappa shape index (κ2) is 4.53. The third kappa shape index (κ3) is 2.30. The molecular formula is C14H11N3O2. The third-order valence-electron chi connectivity index (χ3n) is 2.86. The van der Waals surface area contributed by atoms with Crippen LogP contribution in [0, 0.1) is 0 Å². The highest BCUT2D eigenvalue weighted by Gasteiger charge is 2.23. The predicted molar refractivity (Wildman–Crippen MR) is 69.3 cm³/mol. The lowest BCUT2D eigenvalue weighted by Gasteiger charge is -1.98. The second-order valence-electron chi connectivity index (χ2n) is 4.28. The SMILES string of the molecule is O=C1CC(=Cc2cnn(-c3ccccc3)c2)C(=O)N1. The van der Waals surface area contributed by atoms with Gasteiger partial charge in [0.2, 0.25) is 5.91 Å². The maximum atomic E-state index is 11.4. The van der Waals surface area contributed by atoms with E-state index in [2.05, 4.69) is 10.4 Å². The quantitative estimate of drug-likeness (QED) is 0.648. The third-order valence-corrected chi connectivity index (χ3v) is 2.86. The Morgan fingerprint density at radius 3 is 2.68 bits per heavy atom. The van der Waals surface area contributed by atoms with Crippen molar-refractivity contribution < 1.29 is 9.59 Å². The Bertz CT molecular complexity index is 671. The first-order chi connectivity index (χ1) is 9.22. The monoisotopic (exact) mass is 253 g/mol. The van der Waals surface area contributed by atoms with E-state index < -0.39 is 0 Å². The molecule has 1 N–H and O–H groups in total. The number of rotatable bonds is 2. The van der Waals surface area contributed by atoms with Gasteiger partial charge in [-0.2, -0.15) is 5.10 Å². The summed E-state index contributed by atoms with van der Waals surface area (Å²) in [5, 5.41) is 6.48. The number of imide groups is 1. The van der Waals surface area contributed by atoms with Gasteiger partial charge in [-0.25, -0.2) is 4.68 Å². The highest BCUT2D eigenvalue weighted by Crippen LogP contribution is 2.15. The second-order valence-corrected chi connectivity index (χ2v) is 4.28. The van der Waals surface area contributed by atoms with Gasteiger partial charge in [0.05, 0.1) is 18.3 Å². The average molecular weight is 253 g/mol. The minimum atomic E-state index is -0.322. The van der Waals surface area contributed by atoms with E-state index in [-0.39, 0.29) is 18.2 Å². The van der Waals surface area contributed by atoms with Crippen molar-refractivity contribution in [1.82, 2.24) is 15.1 Å².